The van der Waals surface area contributed by atoms with Gasteiger partial charge in [-0.25, -0.2) is 0 Å². The highest BCUT2D eigenvalue weighted by Crippen LogP contribution is 2.41. The van der Waals surface area contributed by atoms with Crippen molar-refractivity contribution in [2.75, 3.05) is 19.6 Å². The Balaban J connectivity index is 1.61. The van der Waals surface area contributed by atoms with Crippen molar-refractivity contribution in [3.8, 4) is 0 Å². The van der Waals surface area contributed by atoms with Gasteiger partial charge in [0.05, 0.1) is 0 Å². The van der Waals surface area contributed by atoms with Crippen molar-refractivity contribution in [1.82, 2.24) is 10.2 Å². The summed E-state index contributed by atoms with van der Waals surface area (Å²) >= 11 is 0. The molecule has 3 rings (SSSR count). The Morgan fingerprint density at radius 2 is 1.67 bits per heavy atom. The lowest BCUT2D eigenvalue weighted by Gasteiger charge is -2.44. The molecule has 1 N–H and O–H groups in total. The molecule has 0 atom stereocenters. The maximum Gasteiger partial charge on any atom is 0.00953 e. The minimum atomic E-state index is 0.577. The van der Waals surface area contributed by atoms with Crippen molar-refractivity contribution in [3.63, 3.8) is 0 Å². The molecule has 0 aromatic rings. The third-order valence-corrected chi connectivity index (χ3v) is 6.46. The molecule has 3 aliphatic carbocycles. The van der Waals surface area contributed by atoms with Gasteiger partial charge in [0.25, 0.3) is 0 Å². The van der Waals surface area contributed by atoms with E-state index in [0.29, 0.717) is 5.41 Å². The van der Waals surface area contributed by atoms with Crippen LogP contribution in [-0.4, -0.2) is 36.6 Å². The Morgan fingerprint density at radius 1 is 1.00 bits per heavy atom. The molecule has 0 spiro atoms. The van der Waals surface area contributed by atoms with Crippen LogP contribution in [0, 0.1) is 11.3 Å². The van der Waals surface area contributed by atoms with Gasteiger partial charge in [0.15, 0.2) is 0 Å². The fourth-order valence-corrected chi connectivity index (χ4v) is 4.61. The largest absolute Gasteiger partial charge is 0.313 e. The molecule has 21 heavy (non-hydrogen) atoms. The number of rotatable bonds is 7. The van der Waals surface area contributed by atoms with Crippen molar-refractivity contribution in [1.29, 1.82) is 0 Å². The van der Waals surface area contributed by atoms with E-state index >= 15 is 0 Å². The monoisotopic (exact) mass is 292 g/mol. The van der Waals surface area contributed by atoms with Crippen molar-refractivity contribution >= 4 is 0 Å². The summed E-state index contributed by atoms with van der Waals surface area (Å²) in [6, 6.07) is 1.76. The molecule has 2 heteroatoms. The molecular formula is C19H36N2. The summed E-state index contributed by atoms with van der Waals surface area (Å²) in [5.74, 6) is 0.959. The standard InChI is InChI=1S/C19H36N2/c1-3-21(18-6-4-5-7-18)15-19(14-20-17-8-9-17)12-10-16(2)11-13-19/h16-18,20H,3-15H2,1-2H3. The fraction of sp³-hybridized carbons (Fsp3) is 1.00. The van der Waals surface area contributed by atoms with E-state index in [1.807, 2.05) is 0 Å². The van der Waals surface area contributed by atoms with Crippen LogP contribution in [-0.2, 0) is 0 Å². The van der Waals surface area contributed by atoms with Crippen LogP contribution in [0.25, 0.3) is 0 Å². The lowest BCUT2D eigenvalue weighted by molar-refractivity contribution is 0.0665. The topological polar surface area (TPSA) is 15.3 Å². The van der Waals surface area contributed by atoms with Gasteiger partial charge in [0, 0.05) is 25.2 Å². The average Bonchev–Trinajstić information content (AvgIpc) is 3.18. The molecular weight excluding hydrogens is 256 g/mol. The zero-order chi connectivity index (χ0) is 14.7. The summed E-state index contributed by atoms with van der Waals surface area (Å²) in [7, 11) is 0. The van der Waals surface area contributed by atoms with Crippen LogP contribution in [0.2, 0.25) is 0 Å². The van der Waals surface area contributed by atoms with Gasteiger partial charge >= 0.3 is 0 Å². The lowest BCUT2D eigenvalue weighted by atomic mass is 9.70. The van der Waals surface area contributed by atoms with Gasteiger partial charge in [-0.2, -0.15) is 0 Å². The van der Waals surface area contributed by atoms with E-state index < -0.39 is 0 Å². The van der Waals surface area contributed by atoms with Gasteiger partial charge in [0.1, 0.15) is 0 Å². The molecule has 2 nitrogen and oxygen atoms in total. The van der Waals surface area contributed by atoms with Crippen LogP contribution in [0.1, 0.15) is 78.1 Å². The zero-order valence-corrected chi connectivity index (χ0v) is 14.4. The summed E-state index contributed by atoms with van der Waals surface area (Å²) in [4.78, 5) is 2.84. The van der Waals surface area contributed by atoms with E-state index in [-0.39, 0.29) is 0 Å². The minimum absolute atomic E-state index is 0.577. The normalized spacial score (nSPS) is 34.7. The van der Waals surface area contributed by atoms with E-state index in [0.717, 1.165) is 18.0 Å². The Morgan fingerprint density at radius 3 is 2.24 bits per heavy atom. The predicted octanol–water partition coefficient (Wildman–Crippen LogP) is 4.20. The van der Waals surface area contributed by atoms with E-state index in [2.05, 4.69) is 24.1 Å². The second-order valence-corrected chi connectivity index (χ2v) is 8.34. The molecule has 0 radical (unpaired) electrons. The molecule has 122 valence electrons. The summed E-state index contributed by atoms with van der Waals surface area (Å²) in [5, 5.41) is 3.88. The molecule has 3 aliphatic rings. The summed E-state index contributed by atoms with van der Waals surface area (Å²) in [6.07, 6.45) is 14.5. The Hall–Kier alpha value is -0.0800. The first-order valence-corrected chi connectivity index (χ1v) is 9.68. The average molecular weight is 293 g/mol. The third-order valence-electron chi connectivity index (χ3n) is 6.46. The molecule has 0 aliphatic heterocycles. The van der Waals surface area contributed by atoms with Gasteiger partial charge in [-0.05, 0) is 56.4 Å². The molecule has 0 aromatic heterocycles. The van der Waals surface area contributed by atoms with Crippen molar-refractivity contribution in [2.24, 2.45) is 11.3 Å². The molecule has 0 heterocycles. The number of hydrogen-bond acceptors (Lipinski definition) is 2. The van der Waals surface area contributed by atoms with Crippen LogP contribution in [0.5, 0.6) is 0 Å². The Kier molecular flexibility index (Phi) is 5.27. The second kappa shape index (κ2) is 7.00. The van der Waals surface area contributed by atoms with Crippen LogP contribution in [0.3, 0.4) is 0 Å². The van der Waals surface area contributed by atoms with Crippen molar-refractivity contribution in [2.45, 2.75) is 90.1 Å². The van der Waals surface area contributed by atoms with E-state index in [1.54, 1.807) is 0 Å². The summed E-state index contributed by atoms with van der Waals surface area (Å²) in [6.45, 7) is 8.73. The molecule has 0 amide bonds. The van der Waals surface area contributed by atoms with Crippen molar-refractivity contribution in [3.05, 3.63) is 0 Å². The molecule has 3 saturated carbocycles. The van der Waals surface area contributed by atoms with Crippen LogP contribution >= 0.6 is 0 Å². The minimum Gasteiger partial charge on any atom is -0.313 e. The van der Waals surface area contributed by atoms with Crippen LogP contribution in [0.4, 0.5) is 0 Å². The highest BCUT2D eigenvalue weighted by atomic mass is 15.2. The van der Waals surface area contributed by atoms with Crippen molar-refractivity contribution < 1.29 is 0 Å². The lowest BCUT2D eigenvalue weighted by Crippen LogP contribution is -2.49. The Bertz CT molecular complexity index is 310. The fourth-order valence-electron chi connectivity index (χ4n) is 4.61. The number of nitrogens with zero attached hydrogens (tertiary/aromatic N) is 1. The quantitative estimate of drug-likeness (QED) is 0.756. The first kappa shape index (κ1) is 15.8. The molecule has 0 aromatic carbocycles. The summed E-state index contributed by atoms with van der Waals surface area (Å²) < 4.78 is 0. The third kappa shape index (κ3) is 4.22. The van der Waals surface area contributed by atoms with E-state index in [9.17, 15) is 0 Å². The maximum absolute atomic E-state index is 3.88. The SMILES string of the molecule is CCN(CC1(CNC2CC2)CCC(C)CC1)C1CCCC1. The molecule has 0 unspecified atom stereocenters. The van der Waals surface area contributed by atoms with Gasteiger partial charge in [0.2, 0.25) is 0 Å². The highest BCUT2D eigenvalue weighted by molar-refractivity contribution is 4.93. The predicted molar refractivity (Wildman–Crippen MR) is 90.6 cm³/mol. The summed E-state index contributed by atoms with van der Waals surface area (Å²) in [5.41, 5.74) is 0.577. The van der Waals surface area contributed by atoms with Gasteiger partial charge < -0.3 is 10.2 Å². The van der Waals surface area contributed by atoms with E-state index in [1.165, 1.54) is 83.8 Å². The number of nitrogens with one attached hydrogen (secondary N) is 1. The Labute approximate surface area is 132 Å². The van der Waals surface area contributed by atoms with Gasteiger partial charge in [-0.3, -0.25) is 0 Å². The van der Waals surface area contributed by atoms with Gasteiger partial charge in [-0.1, -0.05) is 39.5 Å². The van der Waals surface area contributed by atoms with Gasteiger partial charge in [-0.15, -0.1) is 0 Å². The highest BCUT2D eigenvalue weighted by Gasteiger charge is 2.38. The molecule has 3 fully saturated rings. The number of hydrogen-bond donors (Lipinski definition) is 1. The van der Waals surface area contributed by atoms with Crippen LogP contribution in [0.15, 0.2) is 0 Å². The zero-order valence-electron chi connectivity index (χ0n) is 14.4. The second-order valence-electron chi connectivity index (χ2n) is 8.34. The molecule has 0 saturated heterocycles. The van der Waals surface area contributed by atoms with Crippen LogP contribution < -0.4 is 5.32 Å². The first-order chi connectivity index (χ1) is 10.2. The maximum atomic E-state index is 3.88. The van der Waals surface area contributed by atoms with E-state index in [4.69, 9.17) is 0 Å². The molecule has 0 bridgehead atoms. The first-order valence-electron chi connectivity index (χ1n) is 9.68. The smallest absolute Gasteiger partial charge is 0.00953 e.